The number of primary amides is 1. The van der Waals surface area contributed by atoms with Crippen molar-refractivity contribution in [1.29, 1.82) is 0 Å². The standard InChI is InChI=1S/C9H16N2O2/c10-9(12)13-8-4-7-2-1-3-11(5-7)6-8/h7-8H,1-6H2,(H2,10,12). The lowest BCUT2D eigenvalue weighted by molar-refractivity contribution is 0.00515. The van der Waals surface area contributed by atoms with Crippen LogP contribution in [0.3, 0.4) is 0 Å². The number of piperidine rings is 2. The van der Waals surface area contributed by atoms with Gasteiger partial charge in [0, 0.05) is 13.1 Å². The highest BCUT2D eigenvalue weighted by Crippen LogP contribution is 2.27. The maximum absolute atomic E-state index is 10.6. The number of amides is 1. The zero-order chi connectivity index (χ0) is 9.26. The molecule has 13 heavy (non-hydrogen) atoms. The Labute approximate surface area is 78.0 Å². The van der Waals surface area contributed by atoms with Crippen LogP contribution in [0.5, 0.6) is 0 Å². The molecule has 0 saturated carbocycles. The highest BCUT2D eigenvalue weighted by Gasteiger charge is 2.31. The van der Waals surface area contributed by atoms with Gasteiger partial charge in [-0.2, -0.15) is 0 Å². The van der Waals surface area contributed by atoms with Gasteiger partial charge in [-0.15, -0.1) is 0 Å². The minimum Gasteiger partial charge on any atom is -0.445 e. The molecule has 2 heterocycles. The molecule has 3 atom stereocenters. The second-order valence-electron chi connectivity index (χ2n) is 4.06. The largest absolute Gasteiger partial charge is 0.445 e. The number of ether oxygens (including phenoxy) is 1. The third kappa shape index (κ3) is 2.12. The Hall–Kier alpha value is -0.770. The smallest absolute Gasteiger partial charge is 0.404 e. The monoisotopic (exact) mass is 184 g/mol. The summed E-state index contributed by atoms with van der Waals surface area (Å²) in [4.78, 5) is 12.9. The molecule has 2 saturated heterocycles. The summed E-state index contributed by atoms with van der Waals surface area (Å²) in [6, 6.07) is 0. The molecule has 2 N–H and O–H groups in total. The molecule has 4 nitrogen and oxygen atoms in total. The molecule has 2 rings (SSSR count). The van der Waals surface area contributed by atoms with Crippen molar-refractivity contribution in [1.82, 2.24) is 4.90 Å². The topological polar surface area (TPSA) is 55.6 Å². The van der Waals surface area contributed by atoms with E-state index in [1.54, 1.807) is 0 Å². The molecule has 74 valence electrons. The van der Waals surface area contributed by atoms with E-state index in [9.17, 15) is 4.79 Å². The maximum Gasteiger partial charge on any atom is 0.404 e. The van der Waals surface area contributed by atoms with Crippen molar-refractivity contribution in [2.45, 2.75) is 25.4 Å². The fourth-order valence-electron chi connectivity index (χ4n) is 2.49. The molecule has 2 bridgehead atoms. The van der Waals surface area contributed by atoms with Crippen LogP contribution in [-0.2, 0) is 4.74 Å². The van der Waals surface area contributed by atoms with E-state index in [4.69, 9.17) is 10.5 Å². The quantitative estimate of drug-likeness (QED) is 0.648. The number of carbonyl (C=O) groups excluding carboxylic acids is 1. The zero-order valence-electron chi connectivity index (χ0n) is 7.74. The molecule has 0 aliphatic carbocycles. The second kappa shape index (κ2) is 3.54. The van der Waals surface area contributed by atoms with Crippen LogP contribution in [0.25, 0.3) is 0 Å². The first-order valence-electron chi connectivity index (χ1n) is 4.92. The van der Waals surface area contributed by atoms with Gasteiger partial charge in [-0.3, -0.25) is 4.90 Å². The summed E-state index contributed by atoms with van der Waals surface area (Å²) in [5.74, 6) is 0.715. The van der Waals surface area contributed by atoms with Crippen molar-refractivity contribution in [3.63, 3.8) is 0 Å². The molecule has 3 unspecified atom stereocenters. The predicted octanol–water partition coefficient (Wildman–Crippen LogP) is 0.566. The van der Waals surface area contributed by atoms with Crippen LogP contribution < -0.4 is 5.73 Å². The number of hydrogen-bond acceptors (Lipinski definition) is 3. The van der Waals surface area contributed by atoms with Crippen molar-refractivity contribution in [2.75, 3.05) is 19.6 Å². The van der Waals surface area contributed by atoms with Crippen LogP contribution in [-0.4, -0.2) is 36.7 Å². The summed E-state index contributed by atoms with van der Waals surface area (Å²) in [7, 11) is 0. The van der Waals surface area contributed by atoms with Crippen molar-refractivity contribution in [3.05, 3.63) is 0 Å². The highest BCUT2D eigenvalue weighted by molar-refractivity contribution is 5.64. The van der Waals surface area contributed by atoms with Gasteiger partial charge in [0.25, 0.3) is 0 Å². The SMILES string of the molecule is NC(=O)OC1CC2CCCN(C2)C1. The van der Waals surface area contributed by atoms with Gasteiger partial charge >= 0.3 is 6.09 Å². The molecule has 2 fully saturated rings. The van der Waals surface area contributed by atoms with E-state index in [0.29, 0.717) is 5.92 Å². The van der Waals surface area contributed by atoms with Crippen LogP contribution >= 0.6 is 0 Å². The van der Waals surface area contributed by atoms with Gasteiger partial charge in [-0.25, -0.2) is 4.79 Å². The first-order valence-corrected chi connectivity index (χ1v) is 4.92. The fraction of sp³-hybridized carbons (Fsp3) is 0.889. The van der Waals surface area contributed by atoms with Crippen LogP contribution in [0.4, 0.5) is 4.79 Å². The van der Waals surface area contributed by atoms with E-state index in [1.807, 2.05) is 0 Å². The van der Waals surface area contributed by atoms with Gasteiger partial charge in [0.1, 0.15) is 6.10 Å². The van der Waals surface area contributed by atoms with E-state index in [1.165, 1.54) is 19.4 Å². The first kappa shape index (κ1) is 8.81. The summed E-state index contributed by atoms with van der Waals surface area (Å²) in [5.41, 5.74) is 4.99. The Kier molecular flexibility index (Phi) is 2.40. The summed E-state index contributed by atoms with van der Waals surface area (Å²) in [6.45, 7) is 3.20. The fourth-order valence-corrected chi connectivity index (χ4v) is 2.49. The van der Waals surface area contributed by atoms with E-state index >= 15 is 0 Å². The molecule has 0 radical (unpaired) electrons. The van der Waals surface area contributed by atoms with Gasteiger partial charge in [0.15, 0.2) is 0 Å². The van der Waals surface area contributed by atoms with Crippen molar-refractivity contribution < 1.29 is 9.53 Å². The minimum atomic E-state index is -0.633. The number of nitrogens with two attached hydrogens (primary N) is 1. The van der Waals surface area contributed by atoms with Gasteiger partial charge in [-0.05, 0) is 31.7 Å². The van der Waals surface area contributed by atoms with Crippen LogP contribution in [0.15, 0.2) is 0 Å². The molecule has 1 amide bonds. The highest BCUT2D eigenvalue weighted by atomic mass is 16.6. The predicted molar refractivity (Wildman–Crippen MR) is 48.2 cm³/mol. The minimum absolute atomic E-state index is 0.0385. The molecule has 4 heteroatoms. The molecular formula is C9H16N2O2. The van der Waals surface area contributed by atoms with Crippen molar-refractivity contribution in [3.8, 4) is 0 Å². The summed E-state index contributed by atoms with van der Waals surface area (Å²) in [5, 5.41) is 0. The maximum atomic E-state index is 10.6. The van der Waals surface area contributed by atoms with Crippen molar-refractivity contribution >= 4 is 6.09 Å². The van der Waals surface area contributed by atoms with Crippen LogP contribution in [0, 0.1) is 5.92 Å². The van der Waals surface area contributed by atoms with Gasteiger partial charge in [0.05, 0.1) is 0 Å². The second-order valence-corrected chi connectivity index (χ2v) is 4.06. The molecule has 0 aromatic rings. The van der Waals surface area contributed by atoms with Gasteiger partial charge in [-0.1, -0.05) is 0 Å². The Morgan fingerprint density at radius 2 is 2.31 bits per heavy atom. The number of carbonyl (C=O) groups is 1. The van der Waals surface area contributed by atoms with E-state index in [-0.39, 0.29) is 6.10 Å². The number of fused-ring (bicyclic) bond motifs is 2. The van der Waals surface area contributed by atoms with E-state index in [2.05, 4.69) is 4.90 Å². The Morgan fingerprint density at radius 3 is 3.00 bits per heavy atom. The summed E-state index contributed by atoms with van der Waals surface area (Å²) in [6.07, 6.45) is 2.96. The average Bonchev–Trinajstić information content (AvgIpc) is 2.01. The molecule has 0 aromatic heterocycles. The number of hydrogen-bond donors (Lipinski definition) is 1. The normalized spacial score (nSPS) is 38.3. The lowest BCUT2D eigenvalue weighted by Crippen LogP contribution is -2.48. The molecule has 0 aromatic carbocycles. The van der Waals surface area contributed by atoms with Crippen LogP contribution in [0.2, 0.25) is 0 Å². The Morgan fingerprint density at radius 1 is 1.46 bits per heavy atom. The summed E-state index contributed by atoms with van der Waals surface area (Å²) >= 11 is 0. The van der Waals surface area contributed by atoms with E-state index < -0.39 is 6.09 Å². The van der Waals surface area contributed by atoms with Crippen LogP contribution in [0.1, 0.15) is 19.3 Å². The zero-order valence-corrected chi connectivity index (χ0v) is 7.74. The lowest BCUT2D eigenvalue weighted by atomic mass is 9.88. The first-order chi connectivity index (χ1) is 6.24. The van der Waals surface area contributed by atoms with Crippen molar-refractivity contribution in [2.24, 2.45) is 11.7 Å². The Bertz CT molecular complexity index is 196. The van der Waals surface area contributed by atoms with Gasteiger partial charge < -0.3 is 10.5 Å². The molecule has 2 aliphatic heterocycles. The Balaban J connectivity index is 1.90. The average molecular weight is 184 g/mol. The lowest BCUT2D eigenvalue weighted by Gasteiger charge is -2.40. The third-order valence-electron chi connectivity index (χ3n) is 2.94. The van der Waals surface area contributed by atoms with E-state index in [0.717, 1.165) is 19.5 Å². The molecular weight excluding hydrogens is 168 g/mol. The number of nitrogens with zero attached hydrogens (tertiary/aromatic N) is 1. The third-order valence-corrected chi connectivity index (χ3v) is 2.94. The molecule has 2 aliphatic rings. The number of rotatable bonds is 1. The van der Waals surface area contributed by atoms with Gasteiger partial charge in [0.2, 0.25) is 0 Å². The summed E-state index contributed by atoms with van der Waals surface area (Å²) < 4.78 is 5.02. The molecule has 0 spiro atoms.